The Bertz CT molecular complexity index is 361. The average Bonchev–Trinajstić information content (AvgIpc) is 2.23. The summed E-state index contributed by atoms with van der Waals surface area (Å²) in [5.74, 6) is 1.01. The maximum absolute atomic E-state index is 5.69. The number of benzene rings is 1. The second kappa shape index (κ2) is 6.62. The summed E-state index contributed by atoms with van der Waals surface area (Å²) in [6, 6.07) is 4.55. The predicted octanol–water partition coefficient (Wildman–Crippen LogP) is 1.79. The van der Waals surface area contributed by atoms with Gasteiger partial charge in [-0.2, -0.15) is 0 Å². The fourth-order valence-corrected chi connectivity index (χ4v) is 2.07. The maximum Gasteiger partial charge on any atom is 0.125 e. The molecule has 1 aromatic carbocycles. The van der Waals surface area contributed by atoms with Crippen LogP contribution in [0, 0.1) is 13.8 Å². The first-order chi connectivity index (χ1) is 8.04. The minimum atomic E-state index is 0.205. The lowest BCUT2D eigenvalue weighted by Gasteiger charge is -2.13. The van der Waals surface area contributed by atoms with Gasteiger partial charge in [-0.25, -0.2) is 0 Å². The van der Waals surface area contributed by atoms with Gasteiger partial charge < -0.3 is 15.8 Å². The van der Waals surface area contributed by atoms with Gasteiger partial charge in [0.05, 0.1) is 7.11 Å². The molecule has 0 fully saturated rings. The molecule has 0 saturated carbocycles. The van der Waals surface area contributed by atoms with Gasteiger partial charge >= 0.3 is 0 Å². The van der Waals surface area contributed by atoms with Gasteiger partial charge in [0.1, 0.15) is 5.75 Å². The van der Waals surface area contributed by atoms with Crippen molar-refractivity contribution in [3.8, 4) is 5.75 Å². The van der Waals surface area contributed by atoms with Gasteiger partial charge in [0.25, 0.3) is 0 Å². The minimum Gasteiger partial charge on any atom is -0.496 e. The summed E-state index contributed by atoms with van der Waals surface area (Å²) in [6.45, 7) is 7.99. The van der Waals surface area contributed by atoms with Crippen LogP contribution >= 0.6 is 0 Å². The lowest BCUT2D eigenvalue weighted by Crippen LogP contribution is -2.32. The molecule has 3 heteroatoms. The standard InChI is InChI=1S/C14H24N2O/c1-10-7-11(2)14(17-4)13(8-10)5-6-16-9-12(3)15/h7-8,12,16H,5-6,9,15H2,1-4H3. The molecule has 0 heterocycles. The average molecular weight is 236 g/mol. The molecule has 1 aromatic rings. The SMILES string of the molecule is COc1c(C)cc(C)cc1CCNCC(C)N. The van der Waals surface area contributed by atoms with E-state index in [0.29, 0.717) is 0 Å². The van der Waals surface area contributed by atoms with Crippen molar-refractivity contribution >= 4 is 0 Å². The Morgan fingerprint density at radius 2 is 2.06 bits per heavy atom. The van der Waals surface area contributed by atoms with E-state index in [1.807, 2.05) is 6.92 Å². The Kier molecular flexibility index (Phi) is 5.45. The van der Waals surface area contributed by atoms with E-state index in [2.05, 4.69) is 31.3 Å². The quantitative estimate of drug-likeness (QED) is 0.740. The van der Waals surface area contributed by atoms with Crippen LogP contribution in [0.5, 0.6) is 5.75 Å². The molecule has 0 aliphatic heterocycles. The van der Waals surface area contributed by atoms with Crippen molar-refractivity contribution in [3.05, 3.63) is 28.8 Å². The molecule has 96 valence electrons. The third-order valence-electron chi connectivity index (χ3n) is 2.74. The smallest absolute Gasteiger partial charge is 0.125 e. The number of hydrogen-bond acceptors (Lipinski definition) is 3. The highest BCUT2D eigenvalue weighted by Crippen LogP contribution is 2.25. The zero-order valence-electron chi connectivity index (χ0n) is 11.3. The van der Waals surface area contributed by atoms with E-state index in [-0.39, 0.29) is 6.04 Å². The van der Waals surface area contributed by atoms with Gasteiger partial charge in [0.15, 0.2) is 0 Å². The molecule has 0 spiro atoms. The van der Waals surface area contributed by atoms with Crippen molar-refractivity contribution in [1.29, 1.82) is 0 Å². The highest BCUT2D eigenvalue weighted by Gasteiger charge is 2.07. The van der Waals surface area contributed by atoms with Crippen molar-refractivity contribution in [2.24, 2.45) is 5.73 Å². The molecule has 3 N–H and O–H groups in total. The number of nitrogens with two attached hydrogens (primary N) is 1. The lowest BCUT2D eigenvalue weighted by molar-refractivity contribution is 0.405. The second-order valence-corrected chi connectivity index (χ2v) is 4.71. The van der Waals surface area contributed by atoms with E-state index in [1.54, 1.807) is 7.11 Å². The number of aryl methyl sites for hydroxylation is 2. The summed E-state index contributed by atoms with van der Waals surface area (Å²) in [5, 5.41) is 3.34. The largest absolute Gasteiger partial charge is 0.496 e. The van der Waals surface area contributed by atoms with E-state index in [1.165, 1.54) is 16.7 Å². The molecule has 0 amide bonds. The molecule has 1 atom stereocenters. The number of nitrogens with one attached hydrogen (secondary N) is 1. The van der Waals surface area contributed by atoms with Crippen molar-refractivity contribution < 1.29 is 4.74 Å². The van der Waals surface area contributed by atoms with E-state index < -0.39 is 0 Å². The summed E-state index contributed by atoms with van der Waals surface area (Å²) in [4.78, 5) is 0. The van der Waals surface area contributed by atoms with Gasteiger partial charge in [0, 0.05) is 12.6 Å². The van der Waals surface area contributed by atoms with Crippen LogP contribution in [0.1, 0.15) is 23.6 Å². The fourth-order valence-electron chi connectivity index (χ4n) is 2.07. The van der Waals surface area contributed by atoms with Crippen LogP contribution in [0.2, 0.25) is 0 Å². The highest BCUT2D eigenvalue weighted by molar-refractivity contribution is 5.43. The summed E-state index contributed by atoms with van der Waals surface area (Å²) in [7, 11) is 1.73. The molecule has 0 aliphatic carbocycles. The molecular formula is C14H24N2O. The molecule has 3 nitrogen and oxygen atoms in total. The minimum absolute atomic E-state index is 0.205. The van der Waals surface area contributed by atoms with Crippen molar-refractivity contribution in [1.82, 2.24) is 5.32 Å². The third kappa shape index (κ3) is 4.36. The summed E-state index contributed by atoms with van der Waals surface area (Å²) in [5.41, 5.74) is 9.44. The maximum atomic E-state index is 5.69. The first-order valence-corrected chi connectivity index (χ1v) is 6.15. The molecule has 1 unspecified atom stereocenters. The zero-order valence-corrected chi connectivity index (χ0v) is 11.3. The van der Waals surface area contributed by atoms with Crippen molar-refractivity contribution in [2.45, 2.75) is 33.2 Å². The second-order valence-electron chi connectivity index (χ2n) is 4.71. The summed E-state index contributed by atoms with van der Waals surface area (Å²) < 4.78 is 5.46. The zero-order chi connectivity index (χ0) is 12.8. The topological polar surface area (TPSA) is 47.3 Å². The lowest BCUT2D eigenvalue weighted by atomic mass is 10.0. The van der Waals surface area contributed by atoms with Gasteiger partial charge in [-0.05, 0) is 44.9 Å². The van der Waals surface area contributed by atoms with Crippen LogP contribution in [0.4, 0.5) is 0 Å². The molecule has 0 bridgehead atoms. The Balaban J connectivity index is 2.63. The van der Waals surface area contributed by atoms with Crippen LogP contribution in [-0.2, 0) is 6.42 Å². The van der Waals surface area contributed by atoms with E-state index in [9.17, 15) is 0 Å². The molecule has 1 rings (SSSR count). The molecule has 0 saturated heterocycles. The van der Waals surface area contributed by atoms with Gasteiger partial charge in [-0.15, -0.1) is 0 Å². The van der Waals surface area contributed by atoms with Crippen molar-refractivity contribution in [2.75, 3.05) is 20.2 Å². The molecular weight excluding hydrogens is 212 g/mol. The van der Waals surface area contributed by atoms with E-state index in [4.69, 9.17) is 10.5 Å². The Morgan fingerprint density at radius 3 is 2.65 bits per heavy atom. The third-order valence-corrected chi connectivity index (χ3v) is 2.74. The van der Waals surface area contributed by atoms with Crippen LogP contribution in [0.15, 0.2) is 12.1 Å². The first-order valence-electron chi connectivity index (χ1n) is 6.15. The van der Waals surface area contributed by atoms with Crippen LogP contribution < -0.4 is 15.8 Å². The Labute approximate surface area is 104 Å². The van der Waals surface area contributed by atoms with Gasteiger partial charge in [-0.3, -0.25) is 0 Å². The highest BCUT2D eigenvalue weighted by atomic mass is 16.5. The van der Waals surface area contributed by atoms with Crippen LogP contribution in [0.25, 0.3) is 0 Å². The number of rotatable bonds is 6. The normalized spacial score (nSPS) is 12.5. The number of ether oxygens (including phenoxy) is 1. The number of hydrogen-bond donors (Lipinski definition) is 2. The summed E-state index contributed by atoms with van der Waals surface area (Å²) >= 11 is 0. The Morgan fingerprint density at radius 1 is 1.35 bits per heavy atom. The Hall–Kier alpha value is -1.06. The first kappa shape index (κ1) is 14.0. The predicted molar refractivity (Wildman–Crippen MR) is 72.7 cm³/mol. The molecule has 0 aliphatic rings. The van der Waals surface area contributed by atoms with Gasteiger partial charge in [0.2, 0.25) is 0 Å². The van der Waals surface area contributed by atoms with Crippen LogP contribution in [0.3, 0.4) is 0 Å². The van der Waals surface area contributed by atoms with E-state index >= 15 is 0 Å². The molecule has 0 radical (unpaired) electrons. The summed E-state index contributed by atoms with van der Waals surface area (Å²) in [6.07, 6.45) is 0.971. The number of methoxy groups -OCH3 is 1. The monoisotopic (exact) mass is 236 g/mol. The molecule has 0 aromatic heterocycles. The van der Waals surface area contributed by atoms with Crippen molar-refractivity contribution in [3.63, 3.8) is 0 Å². The fraction of sp³-hybridized carbons (Fsp3) is 0.571. The molecule has 17 heavy (non-hydrogen) atoms. The van der Waals surface area contributed by atoms with Crippen LogP contribution in [-0.4, -0.2) is 26.2 Å². The van der Waals surface area contributed by atoms with Gasteiger partial charge in [-0.1, -0.05) is 17.7 Å². The van der Waals surface area contributed by atoms with E-state index in [0.717, 1.165) is 25.3 Å².